The zero-order chi connectivity index (χ0) is 17.0. The van der Waals surface area contributed by atoms with Gasteiger partial charge in [-0.1, -0.05) is 17.7 Å². The van der Waals surface area contributed by atoms with Crippen LogP contribution in [-0.2, 0) is 4.74 Å². The van der Waals surface area contributed by atoms with Crippen molar-refractivity contribution in [3.63, 3.8) is 0 Å². The van der Waals surface area contributed by atoms with Crippen LogP contribution < -0.4 is 0 Å². The predicted octanol–water partition coefficient (Wildman–Crippen LogP) is 4.01. The molecule has 23 heavy (non-hydrogen) atoms. The number of para-hydroxylation sites is 1. The van der Waals surface area contributed by atoms with E-state index in [1.54, 1.807) is 23.1 Å². The minimum atomic E-state index is -0.502. The van der Waals surface area contributed by atoms with Crippen molar-refractivity contribution in [1.82, 2.24) is 4.90 Å². The fourth-order valence-electron chi connectivity index (χ4n) is 2.44. The van der Waals surface area contributed by atoms with Gasteiger partial charge in [0, 0.05) is 19.2 Å². The van der Waals surface area contributed by atoms with Crippen LogP contribution in [0.5, 0.6) is 0 Å². The highest BCUT2D eigenvalue weighted by atomic mass is 16.6. The lowest BCUT2D eigenvalue weighted by atomic mass is 10.0. The van der Waals surface area contributed by atoms with Crippen LogP contribution in [0.4, 0.5) is 10.5 Å². The molecule has 1 fully saturated rings. The van der Waals surface area contributed by atoms with Crippen molar-refractivity contribution < 1.29 is 14.5 Å². The number of nitrogens with zero attached hydrogens (tertiary/aromatic N) is 2. The van der Waals surface area contributed by atoms with Crippen LogP contribution in [0.2, 0.25) is 0 Å². The Morgan fingerprint density at radius 3 is 2.43 bits per heavy atom. The van der Waals surface area contributed by atoms with Gasteiger partial charge in [-0.2, -0.15) is 0 Å². The first kappa shape index (κ1) is 17.0. The number of piperidine rings is 1. The van der Waals surface area contributed by atoms with Crippen molar-refractivity contribution >= 4 is 17.9 Å². The van der Waals surface area contributed by atoms with Crippen LogP contribution in [0.15, 0.2) is 29.8 Å². The molecule has 6 nitrogen and oxygen atoms in total. The number of likely N-dealkylation sites (tertiary alicyclic amines) is 1. The van der Waals surface area contributed by atoms with Gasteiger partial charge >= 0.3 is 6.09 Å². The standard InChI is InChI=1S/C17H22N2O4/c1-17(2,3)23-16(20)18-10-8-13(9-11-18)12-14-6-4-5-7-15(14)19(21)22/h4-7,12H,8-11H2,1-3H3. The van der Waals surface area contributed by atoms with Gasteiger partial charge in [-0.3, -0.25) is 10.1 Å². The quantitative estimate of drug-likeness (QED) is 0.610. The maximum atomic E-state index is 12.0. The molecule has 1 aromatic carbocycles. The molecule has 124 valence electrons. The van der Waals surface area contributed by atoms with E-state index in [-0.39, 0.29) is 16.7 Å². The molecule has 0 aliphatic carbocycles. The van der Waals surface area contributed by atoms with E-state index < -0.39 is 5.60 Å². The van der Waals surface area contributed by atoms with Crippen LogP contribution in [0.25, 0.3) is 6.08 Å². The second-order valence-electron chi connectivity index (χ2n) is 6.59. The number of carbonyl (C=O) groups is 1. The molecule has 1 amide bonds. The van der Waals surface area contributed by atoms with Crippen LogP contribution >= 0.6 is 0 Å². The van der Waals surface area contributed by atoms with Crippen molar-refractivity contribution in [3.8, 4) is 0 Å². The molecule has 0 aromatic heterocycles. The van der Waals surface area contributed by atoms with Crippen LogP contribution in [-0.4, -0.2) is 34.6 Å². The summed E-state index contributed by atoms with van der Waals surface area (Å²) in [5.74, 6) is 0. The van der Waals surface area contributed by atoms with Crippen molar-refractivity contribution in [2.45, 2.75) is 39.2 Å². The summed E-state index contributed by atoms with van der Waals surface area (Å²) in [6, 6.07) is 6.69. The zero-order valence-electron chi connectivity index (χ0n) is 13.7. The molecule has 1 aliphatic heterocycles. The van der Waals surface area contributed by atoms with Gasteiger partial charge in [0.25, 0.3) is 5.69 Å². The molecule has 1 aliphatic rings. The highest BCUT2D eigenvalue weighted by molar-refractivity contribution is 5.69. The highest BCUT2D eigenvalue weighted by Crippen LogP contribution is 2.25. The van der Waals surface area contributed by atoms with Crippen molar-refractivity contribution in [2.75, 3.05) is 13.1 Å². The summed E-state index contributed by atoms with van der Waals surface area (Å²) in [6.45, 7) is 6.67. The number of nitro groups is 1. The molecule has 1 aromatic rings. The van der Waals surface area contributed by atoms with E-state index >= 15 is 0 Å². The Bertz CT molecular complexity index is 622. The van der Waals surface area contributed by atoms with Gasteiger partial charge in [-0.05, 0) is 45.8 Å². The summed E-state index contributed by atoms with van der Waals surface area (Å²) in [6.07, 6.45) is 2.96. The summed E-state index contributed by atoms with van der Waals surface area (Å²) < 4.78 is 5.36. The van der Waals surface area contributed by atoms with Crippen LogP contribution in [0.3, 0.4) is 0 Å². The average molecular weight is 318 g/mol. The summed E-state index contributed by atoms with van der Waals surface area (Å²) >= 11 is 0. The molecule has 0 bridgehead atoms. The van der Waals surface area contributed by atoms with Gasteiger partial charge in [0.15, 0.2) is 0 Å². The lowest BCUT2D eigenvalue weighted by molar-refractivity contribution is -0.385. The summed E-state index contributed by atoms with van der Waals surface area (Å²) in [4.78, 5) is 24.4. The lowest BCUT2D eigenvalue weighted by Gasteiger charge is -2.31. The summed E-state index contributed by atoms with van der Waals surface area (Å²) in [5.41, 5.74) is 1.32. The molecule has 1 saturated heterocycles. The van der Waals surface area contributed by atoms with Gasteiger partial charge in [-0.25, -0.2) is 4.79 Å². The average Bonchev–Trinajstić information content (AvgIpc) is 2.46. The van der Waals surface area contributed by atoms with E-state index in [4.69, 9.17) is 4.74 Å². The minimum Gasteiger partial charge on any atom is -0.444 e. The predicted molar refractivity (Wildman–Crippen MR) is 88.1 cm³/mol. The maximum Gasteiger partial charge on any atom is 0.410 e. The number of benzene rings is 1. The molecular weight excluding hydrogens is 296 g/mol. The molecule has 2 rings (SSSR count). The molecule has 0 saturated carbocycles. The van der Waals surface area contributed by atoms with E-state index in [0.717, 1.165) is 5.57 Å². The Hall–Kier alpha value is -2.37. The van der Waals surface area contributed by atoms with Gasteiger partial charge in [0.05, 0.1) is 10.5 Å². The Morgan fingerprint density at radius 2 is 1.87 bits per heavy atom. The fourth-order valence-corrected chi connectivity index (χ4v) is 2.44. The van der Waals surface area contributed by atoms with Gasteiger partial charge in [-0.15, -0.1) is 0 Å². The molecule has 0 N–H and O–H groups in total. The second kappa shape index (κ2) is 6.81. The second-order valence-corrected chi connectivity index (χ2v) is 6.59. The highest BCUT2D eigenvalue weighted by Gasteiger charge is 2.24. The summed E-state index contributed by atoms with van der Waals surface area (Å²) in [7, 11) is 0. The number of nitro benzene ring substituents is 1. The molecule has 0 unspecified atom stereocenters. The van der Waals surface area contributed by atoms with E-state index in [1.807, 2.05) is 26.8 Å². The third-order valence-corrected chi connectivity index (χ3v) is 3.55. The Morgan fingerprint density at radius 1 is 1.26 bits per heavy atom. The number of carbonyl (C=O) groups excluding carboxylic acids is 1. The Labute approximate surface area is 135 Å². The maximum absolute atomic E-state index is 12.0. The number of amides is 1. The van der Waals surface area contributed by atoms with Gasteiger partial charge in [0.2, 0.25) is 0 Å². The number of rotatable bonds is 2. The van der Waals surface area contributed by atoms with Crippen LogP contribution in [0, 0.1) is 10.1 Å². The number of hydrogen-bond acceptors (Lipinski definition) is 4. The van der Waals surface area contributed by atoms with E-state index in [1.165, 1.54) is 6.07 Å². The molecule has 6 heteroatoms. The normalized spacial score (nSPS) is 15.3. The topological polar surface area (TPSA) is 72.7 Å². The first-order chi connectivity index (χ1) is 10.8. The molecular formula is C17H22N2O4. The van der Waals surface area contributed by atoms with Gasteiger partial charge in [0.1, 0.15) is 5.60 Å². The van der Waals surface area contributed by atoms with E-state index in [0.29, 0.717) is 31.5 Å². The summed E-state index contributed by atoms with van der Waals surface area (Å²) in [5, 5.41) is 11.0. The van der Waals surface area contributed by atoms with Crippen molar-refractivity contribution in [1.29, 1.82) is 0 Å². The zero-order valence-corrected chi connectivity index (χ0v) is 13.7. The van der Waals surface area contributed by atoms with Crippen molar-refractivity contribution in [2.24, 2.45) is 0 Å². The number of hydrogen-bond donors (Lipinski definition) is 0. The molecule has 0 spiro atoms. The van der Waals surface area contributed by atoms with E-state index in [2.05, 4.69) is 0 Å². The number of ether oxygens (including phenoxy) is 1. The van der Waals surface area contributed by atoms with Gasteiger partial charge < -0.3 is 9.64 Å². The smallest absolute Gasteiger partial charge is 0.410 e. The van der Waals surface area contributed by atoms with E-state index in [9.17, 15) is 14.9 Å². The minimum absolute atomic E-state index is 0.106. The Balaban J connectivity index is 2.02. The fraction of sp³-hybridized carbons (Fsp3) is 0.471. The largest absolute Gasteiger partial charge is 0.444 e. The monoisotopic (exact) mass is 318 g/mol. The van der Waals surface area contributed by atoms with Crippen LogP contribution in [0.1, 0.15) is 39.2 Å². The SMILES string of the molecule is CC(C)(C)OC(=O)N1CCC(=Cc2ccccc2[N+](=O)[O-])CC1. The molecule has 0 radical (unpaired) electrons. The van der Waals surface area contributed by atoms with Crippen molar-refractivity contribution in [3.05, 3.63) is 45.5 Å². The lowest BCUT2D eigenvalue weighted by Crippen LogP contribution is -2.40. The molecule has 0 atom stereocenters. The third kappa shape index (κ3) is 4.81. The Kier molecular flexibility index (Phi) is 5.03. The first-order valence-corrected chi connectivity index (χ1v) is 7.67. The molecule has 1 heterocycles. The third-order valence-electron chi connectivity index (χ3n) is 3.55. The first-order valence-electron chi connectivity index (χ1n) is 7.67.